The Balaban J connectivity index is 2.17. The third-order valence-corrected chi connectivity index (χ3v) is 2.59. The maximum absolute atomic E-state index is 12.0. The van der Waals surface area contributed by atoms with Crippen LogP contribution in [0.5, 0.6) is 5.75 Å². The van der Waals surface area contributed by atoms with Gasteiger partial charge < -0.3 is 15.4 Å². The molecule has 0 fully saturated rings. The minimum absolute atomic E-state index is 0.0701. The van der Waals surface area contributed by atoms with Crippen LogP contribution in [0.4, 0.5) is 5.69 Å². The summed E-state index contributed by atoms with van der Waals surface area (Å²) in [7, 11) is 0. The van der Waals surface area contributed by atoms with Crippen LogP contribution in [0.15, 0.2) is 18.2 Å². The number of rotatable bonds is 3. The molecule has 0 atom stereocenters. The number of anilines is 1. The molecule has 1 heterocycles. The van der Waals surface area contributed by atoms with Crippen molar-refractivity contribution < 1.29 is 9.53 Å². The van der Waals surface area contributed by atoms with Gasteiger partial charge in [-0.05, 0) is 18.1 Å². The molecule has 1 aliphatic heterocycles. The van der Waals surface area contributed by atoms with E-state index in [0.717, 1.165) is 12.2 Å². The van der Waals surface area contributed by atoms with Crippen molar-refractivity contribution in [2.24, 2.45) is 5.92 Å². The molecular weight excluding hydrogens is 216 g/mol. The van der Waals surface area contributed by atoms with Crippen molar-refractivity contribution in [2.45, 2.75) is 13.8 Å². The van der Waals surface area contributed by atoms with Gasteiger partial charge in [-0.25, -0.2) is 0 Å². The smallest absolute Gasteiger partial charge is 0.255 e. The van der Waals surface area contributed by atoms with E-state index in [0.29, 0.717) is 30.4 Å². The number of ether oxygens (including phenoxy) is 1. The first kappa shape index (κ1) is 11.8. The maximum atomic E-state index is 12.0. The Morgan fingerprint density at radius 1 is 1.53 bits per heavy atom. The summed E-state index contributed by atoms with van der Waals surface area (Å²) in [6.45, 7) is 6.19. The molecule has 0 unspecified atom stereocenters. The summed E-state index contributed by atoms with van der Waals surface area (Å²) in [6, 6.07) is 5.58. The highest BCUT2D eigenvalue weighted by atomic mass is 16.5. The fraction of sp³-hybridized carbons (Fsp3) is 0.462. The zero-order valence-electron chi connectivity index (χ0n) is 10.2. The van der Waals surface area contributed by atoms with Crippen molar-refractivity contribution in [1.82, 2.24) is 5.32 Å². The van der Waals surface area contributed by atoms with Crippen molar-refractivity contribution in [1.29, 1.82) is 0 Å². The van der Waals surface area contributed by atoms with E-state index < -0.39 is 0 Å². The first-order chi connectivity index (χ1) is 8.18. The van der Waals surface area contributed by atoms with Gasteiger partial charge in [0.2, 0.25) is 0 Å². The lowest BCUT2D eigenvalue weighted by molar-refractivity contribution is 0.0945. The number of para-hydroxylation sites is 1. The van der Waals surface area contributed by atoms with E-state index in [1.54, 1.807) is 6.07 Å². The van der Waals surface area contributed by atoms with Gasteiger partial charge in [0.15, 0.2) is 5.75 Å². The normalized spacial score (nSPS) is 13.6. The Bertz CT molecular complexity index is 416. The van der Waals surface area contributed by atoms with Gasteiger partial charge in [-0.3, -0.25) is 4.79 Å². The van der Waals surface area contributed by atoms with E-state index in [4.69, 9.17) is 4.74 Å². The molecule has 2 rings (SSSR count). The summed E-state index contributed by atoms with van der Waals surface area (Å²) < 4.78 is 5.56. The SMILES string of the molecule is CC(C)CNC(=O)c1cccc2c1OCCN2. The molecule has 4 heteroatoms. The minimum atomic E-state index is -0.0701. The first-order valence-corrected chi connectivity index (χ1v) is 5.96. The summed E-state index contributed by atoms with van der Waals surface area (Å²) >= 11 is 0. The molecule has 2 N–H and O–H groups in total. The van der Waals surface area contributed by atoms with Crippen LogP contribution in [0.1, 0.15) is 24.2 Å². The maximum Gasteiger partial charge on any atom is 0.255 e. The van der Waals surface area contributed by atoms with E-state index in [-0.39, 0.29) is 5.91 Å². The van der Waals surface area contributed by atoms with Crippen molar-refractivity contribution in [3.63, 3.8) is 0 Å². The quantitative estimate of drug-likeness (QED) is 0.839. The molecule has 1 aliphatic rings. The molecule has 1 aromatic carbocycles. The molecule has 0 aromatic heterocycles. The Hall–Kier alpha value is -1.71. The number of amides is 1. The zero-order valence-corrected chi connectivity index (χ0v) is 10.2. The number of hydrogen-bond acceptors (Lipinski definition) is 3. The van der Waals surface area contributed by atoms with E-state index in [2.05, 4.69) is 24.5 Å². The third kappa shape index (κ3) is 2.70. The number of carbonyl (C=O) groups excluding carboxylic acids is 1. The van der Waals surface area contributed by atoms with Crippen LogP contribution in [0.3, 0.4) is 0 Å². The van der Waals surface area contributed by atoms with E-state index >= 15 is 0 Å². The summed E-state index contributed by atoms with van der Waals surface area (Å²) in [4.78, 5) is 12.0. The molecule has 1 amide bonds. The number of carbonyl (C=O) groups is 1. The van der Waals surface area contributed by atoms with Gasteiger partial charge in [-0.1, -0.05) is 19.9 Å². The summed E-state index contributed by atoms with van der Waals surface area (Å²) in [5.41, 5.74) is 1.50. The third-order valence-electron chi connectivity index (χ3n) is 2.59. The zero-order chi connectivity index (χ0) is 12.3. The van der Waals surface area contributed by atoms with Crippen LogP contribution in [-0.4, -0.2) is 25.6 Å². The first-order valence-electron chi connectivity index (χ1n) is 5.96. The highest BCUT2D eigenvalue weighted by Crippen LogP contribution is 2.30. The monoisotopic (exact) mass is 234 g/mol. The predicted octanol–water partition coefficient (Wildman–Crippen LogP) is 1.88. The summed E-state index contributed by atoms with van der Waals surface area (Å²) in [5.74, 6) is 1.04. The highest BCUT2D eigenvalue weighted by Gasteiger charge is 2.18. The number of fused-ring (bicyclic) bond motifs is 1. The minimum Gasteiger partial charge on any atom is -0.489 e. The van der Waals surface area contributed by atoms with Gasteiger partial charge in [0.1, 0.15) is 6.61 Å². The topological polar surface area (TPSA) is 50.4 Å². The molecule has 17 heavy (non-hydrogen) atoms. The standard InChI is InChI=1S/C13H18N2O2/c1-9(2)8-15-13(16)10-4-3-5-11-12(10)17-7-6-14-11/h3-5,9,14H,6-8H2,1-2H3,(H,15,16). The van der Waals surface area contributed by atoms with Crippen molar-refractivity contribution >= 4 is 11.6 Å². The Morgan fingerprint density at radius 3 is 3.12 bits per heavy atom. The average Bonchev–Trinajstić information content (AvgIpc) is 2.35. The van der Waals surface area contributed by atoms with Crippen molar-refractivity contribution in [2.75, 3.05) is 25.0 Å². The molecule has 0 spiro atoms. The molecule has 0 aliphatic carbocycles. The van der Waals surface area contributed by atoms with Crippen molar-refractivity contribution in [3.8, 4) is 5.75 Å². The van der Waals surface area contributed by atoms with Crippen LogP contribution < -0.4 is 15.4 Å². The lowest BCUT2D eigenvalue weighted by Gasteiger charge is -2.21. The average molecular weight is 234 g/mol. The van der Waals surface area contributed by atoms with E-state index in [1.165, 1.54) is 0 Å². The second kappa shape index (κ2) is 5.08. The van der Waals surface area contributed by atoms with Gasteiger partial charge >= 0.3 is 0 Å². The highest BCUT2D eigenvalue weighted by molar-refractivity contribution is 5.98. The van der Waals surface area contributed by atoms with E-state index in [1.807, 2.05) is 12.1 Å². The summed E-state index contributed by atoms with van der Waals surface area (Å²) in [5, 5.41) is 6.12. The second-order valence-electron chi connectivity index (χ2n) is 4.56. The second-order valence-corrected chi connectivity index (χ2v) is 4.56. The van der Waals surface area contributed by atoms with Gasteiger partial charge in [0.25, 0.3) is 5.91 Å². The lowest BCUT2D eigenvalue weighted by atomic mass is 10.1. The largest absolute Gasteiger partial charge is 0.489 e. The Labute approximate surface area is 101 Å². The van der Waals surface area contributed by atoms with Crippen LogP contribution in [0.25, 0.3) is 0 Å². The Kier molecular flexibility index (Phi) is 3.52. The molecule has 1 aromatic rings. The van der Waals surface area contributed by atoms with Gasteiger partial charge in [0, 0.05) is 13.1 Å². The van der Waals surface area contributed by atoms with Crippen LogP contribution in [-0.2, 0) is 0 Å². The molecule has 4 nitrogen and oxygen atoms in total. The van der Waals surface area contributed by atoms with Crippen molar-refractivity contribution in [3.05, 3.63) is 23.8 Å². The molecular formula is C13H18N2O2. The molecule has 0 bridgehead atoms. The number of benzene rings is 1. The molecule has 0 radical (unpaired) electrons. The predicted molar refractivity (Wildman–Crippen MR) is 67.6 cm³/mol. The lowest BCUT2D eigenvalue weighted by Crippen LogP contribution is -2.29. The van der Waals surface area contributed by atoms with Gasteiger partial charge in [-0.2, -0.15) is 0 Å². The molecule has 0 saturated heterocycles. The van der Waals surface area contributed by atoms with Crippen LogP contribution in [0.2, 0.25) is 0 Å². The van der Waals surface area contributed by atoms with Crippen LogP contribution in [0, 0.1) is 5.92 Å². The number of nitrogens with one attached hydrogen (secondary N) is 2. The van der Waals surface area contributed by atoms with Gasteiger partial charge in [0.05, 0.1) is 11.3 Å². The van der Waals surface area contributed by atoms with Gasteiger partial charge in [-0.15, -0.1) is 0 Å². The molecule has 0 saturated carbocycles. The van der Waals surface area contributed by atoms with E-state index in [9.17, 15) is 4.79 Å². The molecule has 92 valence electrons. The fourth-order valence-electron chi connectivity index (χ4n) is 1.74. The Morgan fingerprint density at radius 2 is 2.35 bits per heavy atom. The number of hydrogen-bond donors (Lipinski definition) is 2. The summed E-state index contributed by atoms with van der Waals surface area (Å²) in [6.07, 6.45) is 0. The fourth-order valence-corrected chi connectivity index (χ4v) is 1.74. The van der Waals surface area contributed by atoms with Crippen LogP contribution >= 0.6 is 0 Å².